The third kappa shape index (κ3) is 82.9. The molecule has 14 heteroatoms. The topological polar surface area (TPSA) is 164 Å². The molecule has 0 unspecified atom stereocenters. The number of unbranched alkanes of at least 4 members (excludes halogenated alkanes) is 51. The van der Waals surface area contributed by atoms with Gasteiger partial charge in [-0.3, -0.25) is 24.0 Å². The molecule has 0 bridgehead atoms. The molecule has 0 atom stereocenters. The molecule has 110 heavy (non-hydrogen) atoms. The molecule has 0 fully saturated rings. The Morgan fingerprint density at radius 3 is 0.727 bits per heavy atom. The van der Waals surface area contributed by atoms with E-state index in [0.717, 1.165) is 271 Å². The highest BCUT2D eigenvalue weighted by Crippen LogP contribution is 2.23. The third-order valence-corrected chi connectivity index (χ3v) is 22.4. The minimum Gasteiger partial charge on any atom is -0.466 e. The van der Waals surface area contributed by atoms with Crippen molar-refractivity contribution in [1.29, 1.82) is 0 Å². The van der Waals surface area contributed by atoms with Crippen molar-refractivity contribution in [2.45, 2.75) is 509 Å². The van der Waals surface area contributed by atoms with Crippen molar-refractivity contribution in [3.8, 4) is 0 Å². The highest BCUT2D eigenvalue weighted by molar-refractivity contribution is 5.71. The van der Waals surface area contributed by atoms with Gasteiger partial charge in [0, 0.05) is 51.7 Å². The van der Waals surface area contributed by atoms with Crippen LogP contribution < -0.4 is 0 Å². The van der Waals surface area contributed by atoms with Crippen molar-refractivity contribution in [3.63, 3.8) is 0 Å². The number of hydrogen-bond acceptors (Lipinski definition) is 14. The molecular formula is C96H184N2O12. The fraction of sp³-hybridized carbons (Fsp3) is 0.938. The van der Waals surface area contributed by atoms with E-state index in [0.29, 0.717) is 45.1 Å². The van der Waals surface area contributed by atoms with E-state index in [4.69, 9.17) is 28.4 Å². The molecule has 0 saturated heterocycles. The molecule has 0 radical (unpaired) electrons. The summed E-state index contributed by atoms with van der Waals surface area (Å²) in [5, 5.41) is 0. The smallest absolute Gasteiger partial charge is 0.306 e. The first-order chi connectivity index (χ1) is 54.1. The van der Waals surface area contributed by atoms with E-state index in [1.165, 1.54) is 212 Å². The Kier molecular flexibility index (Phi) is 87.3. The van der Waals surface area contributed by atoms with Gasteiger partial charge in [0.1, 0.15) is 31.7 Å². The second-order valence-corrected chi connectivity index (χ2v) is 33.2. The lowest BCUT2D eigenvalue weighted by Crippen LogP contribution is -2.27. The maximum absolute atomic E-state index is 13.1. The average Bonchev–Trinajstić information content (AvgIpc) is 0.978. The summed E-state index contributed by atoms with van der Waals surface area (Å²) in [6.07, 6.45) is 80.4. The molecule has 14 nitrogen and oxygen atoms in total. The van der Waals surface area contributed by atoms with E-state index in [1.807, 2.05) is 0 Å². The Labute approximate surface area is 681 Å². The van der Waals surface area contributed by atoms with Crippen molar-refractivity contribution in [2.75, 3.05) is 72.3 Å². The molecule has 0 amide bonds. The van der Waals surface area contributed by atoms with Gasteiger partial charge in [-0.2, -0.15) is 0 Å². The highest BCUT2D eigenvalue weighted by atomic mass is 16.6. The normalized spacial score (nSPS) is 11.6. The standard InChI is InChI=1S/C96H184N2O12/c1-6-11-16-21-29-49-68-87-106-92(100)73-54-39-32-43-60-79-98(81-62-45-34-41-56-77-96(104)110-91(71-52-37-24-19-14-9-4)72-53-38-25-20-15-10-5)83-64-58-75-94(102)108-89-88-107-93(101)74-57-63-82-97(78-59-42-27-31-48-67-86-105-85-66-47-30-26-28-46-65-84-99)80-61-44-33-40-55-76-95(103)109-90(69-50-35-22-17-12-7-2)70-51-36-23-18-13-8-3/h84,90-91H,6-83,85-89H2,1-5H3. The number of esters is 5. The molecule has 0 aromatic rings. The van der Waals surface area contributed by atoms with Crippen LogP contribution in [0.25, 0.3) is 0 Å². The maximum atomic E-state index is 13.1. The molecule has 0 heterocycles. The summed E-state index contributed by atoms with van der Waals surface area (Å²) >= 11 is 0. The molecule has 0 aromatic carbocycles. The summed E-state index contributed by atoms with van der Waals surface area (Å²) < 4.78 is 34.9. The van der Waals surface area contributed by atoms with Gasteiger partial charge < -0.3 is 43.0 Å². The van der Waals surface area contributed by atoms with Crippen molar-refractivity contribution in [3.05, 3.63) is 0 Å². The van der Waals surface area contributed by atoms with Crippen LogP contribution in [0.4, 0.5) is 0 Å². The lowest BCUT2D eigenvalue weighted by molar-refractivity contribution is -0.152. The van der Waals surface area contributed by atoms with Crippen molar-refractivity contribution in [2.24, 2.45) is 0 Å². The minimum absolute atomic E-state index is 0.000375. The van der Waals surface area contributed by atoms with E-state index in [2.05, 4.69) is 44.4 Å². The molecule has 0 N–H and O–H groups in total. The number of ether oxygens (including phenoxy) is 6. The second kappa shape index (κ2) is 89.8. The van der Waals surface area contributed by atoms with Gasteiger partial charge >= 0.3 is 29.8 Å². The zero-order valence-electron chi connectivity index (χ0n) is 73.7. The Morgan fingerprint density at radius 2 is 0.436 bits per heavy atom. The van der Waals surface area contributed by atoms with Crippen LogP contribution in [0.5, 0.6) is 0 Å². The molecule has 0 saturated carbocycles. The molecule has 0 aliphatic carbocycles. The average molecular weight is 1560 g/mol. The number of carbonyl (C=O) groups is 6. The predicted molar refractivity (Wildman–Crippen MR) is 463 cm³/mol. The summed E-state index contributed by atoms with van der Waals surface area (Å²) in [6.45, 7) is 19.8. The molecule has 0 spiro atoms. The number of hydrogen-bond donors (Lipinski definition) is 0. The quantitative estimate of drug-likeness (QED) is 0.0244. The first kappa shape index (κ1) is 107. The molecular weight excluding hydrogens is 1370 g/mol. The summed E-state index contributed by atoms with van der Waals surface area (Å²) in [4.78, 5) is 80.0. The van der Waals surface area contributed by atoms with E-state index in [1.54, 1.807) is 0 Å². The fourth-order valence-electron chi connectivity index (χ4n) is 15.2. The van der Waals surface area contributed by atoms with Gasteiger partial charge in [-0.15, -0.1) is 0 Å². The Morgan fingerprint density at radius 1 is 0.227 bits per heavy atom. The van der Waals surface area contributed by atoms with E-state index >= 15 is 0 Å². The monoisotopic (exact) mass is 1560 g/mol. The Balaban J connectivity index is 5.12. The Hall–Kier alpha value is -3.10. The molecule has 0 aliphatic rings. The summed E-state index contributed by atoms with van der Waals surface area (Å²) in [6, 6.07) is 0. The van der Waals surface area contributed by atoms with Crippen LogP contribution in [0.1, 0.15) is 497 Å². The van der Waals surface area contributed by atoms with E-state index < -0.39 is 0 Å². The second-order valence-electron chi connectivity index (χ2n) is 33.2. The van der Waals surface area contributed by atoms with E-state index in [9.17, 15) is 28.8 Å². The van der Waals surface area contributed by atoms with Crippen molar-refractivity contribution in [1.82, 2.24) is 9.80 Å². The zero-order valence-corrected chi connectivity index (χ0v) is 73.7. The molecule has 0 rings (SSSR count). The van der Waals surface area contributed by atoms with Gasteiger partial charge in [-0.05, 0) is 187 Å². The molecule has 0 aromatic heterocycles. The van der Waals surface area contributed by atoms with Crippen LogP contribution in [0.3, 0.4) is 0 Å². The molecule has 650 valence electrons. The largest absolute Gasteiger partial charge is 0.466 e. The van der Waals surface area contributed by atoms with Crippen LogP contribution in [0.15, 0.2) is 0 Å². The summed E-state index contributed by atoms with van der Waals surface area (Å²) in [5.74, 6) is -0.539. The van der Waals surface area contributed by atoms with Gasteiger partial charge in [-0.1, -0.05) is 311 Å². The summed E-state index contributed by atoms with van der Waals surface area (Å²) in [7, 11) is 0. The first-order valence-corrected chi connectivity index (χ1v) is 48.4. The van der Waals surface area contributed by atoms with Gasteiger partial charge in [0.05, 0.1) is 6.61 Å². The molecule has 0 aliphatic heterocycles. The van der Waals surface area contributed by atoms with Gasteiger partial charge in [0.2, 0.25) is 0 Å². The predicted octanol–water partition coefficient (Wildman–Crippen LogP) is 27.4. The van der Waals surface area contributed by atoms with E-state index in [-0.39, 0.29) is 55.3 Å². The van der Waals surface area contributed by atoms with Crippen LogP contribution in [0.2, 0.25) is 0 Å². The number of rotatable bonds is 93. The van der Waals surface area contributed by atoms with Crippen LogP contribution in [-0.2, 0) is 57.2 Å². The van der Waals surface area contributed by atoms with Gasteiger partial charge in [0.25, 0.3) is 0 Å². The van der Waals surface area contributed by atoms with Gasteiger partial charge in [-0.25, -0.2) is 0 Å². The lowest BCUT2D eigenvalue weighted by atomic mass is 10.0. The SMILES string of the molecule is CCCCCCCCCOC(=O)CCCCCCCN(CCCCCCCC(=O)OC(CCCCCCCC)CCCCCCCC)CCCCC(=O)OCCOC(=O)CCCCN(CCCCCCCCOCCCCCCCCC=O)CCCCCCCC(=O)OC(CCCCCCCC)CCCCCCCC. The summed E-state index contributed by atoms with van der Waals surface area (Å²) in [5.41, 5.74) is 0. The highest BCUT2D eigenvalue weighted by Gasteiger charge is 2.18. The van der Waals surface area contributed by atoms with Crippen LogP contribution in [-0.4, -0.2) is 130 Å². The van der Waals surface area contributed by atoms with Crippen molar-refractivity contribution >= 4 is 36.1 Å². The zero-order chi connectivity index (χ0) is 79.8. The minimum atomic E-state index is -0.243. The van der Waals surface area contributed by atoms with Crippen LogP contribution >= 0.6 is 0 Å². The van der Waals surface area contributed by atoms with Crippen LogP contribution in [0, 0.1) is 0 Å². The maximum Gasteiger partial charge on any atom is 0.306 e. The number of carbonyl (C=O) groups excluding carboxylic acids is 6. The Bertz CT molecular complexity index is 1910. The first-order valence-electron chi connectivity index (χ1n) is 48.4. The lowest BCUT2D eigenvalue weighted by Gasteiger charge is -2.22. The number of aldehydes is 1. The van der Waals surface area contributed by atoms with Crippen molar-refractivity contribution < 1.29 is 57.2 Å². The fourth-order valence-corrected chi connectivity index (χ4v) is 15.2. The van der Waals surface area contributed by atoms with Gasteiger partial charge in [0.15, 0.2) is 0 Å². The third-order valence-electron chi connectivity index (χ3n) is 22.4. The number of nitrogens with zero attached hydrogens (tertiary/aromatic N) is 2.